The largest absolute Gasteiger partial charge is 0.460 e. The summed E-state index contributed by atoms with van der Waals surface area (Å²) in [6.07, 6.45) is 1.73. The SMILES string of the molecule is CC(C)(C)OC(=O)CCN1CC(=O)N2CCCC2C1=O. The van der Waals surface area contributed by atoms with Gasteiger partial charge in [0.2, 0.25) is 11.8 Å². The van der Waals surface area contributed by atoms with Crippen LogP contribution in [0.5, 0.6) is 0 Å². The fraction of sp³-hybridized carbons (Fsp3) is 0.786. The summed E-state index contributed by atoms with van der Waals surface area (Å²) in [4.78, 5) is 39.0. The van der Waals surface area contributed by atoms with Gasteiger partial charge in [-0.25, -0.2) is 0 Å². The van der Waals surface area contributed by atoms with Crippen LogP contribution in [-0.4, -0.2) is 58.9 Å². The number of esters is 1. The highest BCUT2D eigenvalue weighted by Gasteiger charge is 2.41. The van der Waals surface area contributed by atoms with Crippen LogP contribution in [-0.2, 0) is 19.1 Å². The maximum Gasteiger partial charge on any atom is 0.308 e. The summed E-state index contributed by atoms with van der Waals surface area (Å²) in [5.74, 6) is -0.395. The molecule has 1 atom stereocenters. The third-order valence-corrected chi connectivity index (χ3v) is 3.50. The van der Waals surface area contributed by atoms with E-state index in [1.54, 1.807) is 25.7 Å². The van der Waals surface area contributed by atoms with Crippen molar-refractivity contribution in [3.63, 3.8) is 0 Å². The number of amides is 2. The predicted molar refractivity (Wildman–Crippen MR) is 71.8 cm³/mol. The predicted octanol–water partition coefficient (Wildman–Crippen LogP) is 0.551. The molecule has 0 spiro atoms. The number of carbonyl (C=O) groups excluding carboxylic acids is 3. The van der Waals surface area contributed by atoms with Gasteiger partial charge in [0.15, 0.2) is 0 Å². The smallest absolute Gasteiger partial charge is 0.308 e. The van der Waals surface area contributed by atoms with Crippen LogP contribution in [0, 0.1) is 0 Å². The van der Waals surface area contributed by atoms with Crippen molar-refractivity contribution < 1.29 is 19.1 Å². The molecule has 0 aromatic carbocycles. The van der Waals surface area contributed by atoms with Crippen LogP contribution >= 0.6 is 0 Å². The molecular formula is C14H22N2O4. The van der Waals surface area contributed by atoms with Crippen LogP contribution in [0.2, 0.25) is 0 Å². The molecule has 2 fully saturated rings. The zero-order valence-corrected chi connectivity index (χ0v) is 12.3. The van der Waals surface area contributed by atoms with Crippen molar-refractivity contribution >= 4 is 17.8 Å². The molecule has 20 heavy (non-hydrogen) atoms. The summed E-state index contributed by atoms with van der Waals surface area (Å²) < 4.78 is 5.21. The second-order valence-electron chi connectivity index (χ2n) is 6.34. The maximum atomic E-state index is 12.2. The molecule has 0 saturated carbocycles. The highest BCUT2D eigenvalue weighted by Crippen LogP contribution is 2.23. The van der Waals surface area contributed by atoms with Crippen LogP contribution in [0.25, 0.3) is 0 Å². The second kappa shape index (κ2) is 5.42. The topological polar surface area (TPSA) is 66.9 Å². The summed E-state index contributed by atoms with van der Waals surface area (Å²) in [6.45, 7) is 6.42. The van der Waals surface area contributed by atoms with E-state index in [9.17, 15) is 14.4 Å². The quantitative estimate of drug-likeness (QED) is 0.709. The number of nitrogens with zero attached hydrogens (tertiary/aromatic N) is 2. The molecule has 2 saturated heterocycles. The number of carbonyl (C=O) groups is 3. The minimum Gasteiger partial charge on any atom is -0.460 e. The van der Waals surface area contributed by atoms with Crippen molar-refractivity contribution in [2.75, 3.05) is 19.6 Å². The molecule has 2 aliphatic heterocycles. The maximum absolute atomic E-state index is 12.2. The lowest BCUT2D eigenvalue weighted by Gasteiger charge is -2.36. The lowest BCUT2D eigenvalue weighted by molar-refractivity contribution is -0.158. The first-order valence-corrected chi connectivity index (χ1v) is 7.08. The summed E-state index contributed by atoms with van der Waals surface area (Å²) in [5, 5.41) is 0. The van der Waals surface area contributed by atoms with E-state index in [4.69, 9.17) is 4.74 Å². The lowest BCUT2D eigenvalue weighted by Crippen LogP contribution is -2.57. The Morgan fingerprint density at radius 2 is 2.05 bits per heavy atom. The van der Waals surface area contributed by atoms with E-state index >= 15 is 0 Å². The van der Waals surface area contributed by atoms with E-state index in [0.29, 0.717) is 6.54 Å². The molecule has 0 radical (unpaired) electrons. The minimum atomic E-state index is -0.527. The molecule has 6 heteroatoms. The van der Waals surface area contributed by atoms with Gasteiger partial charge in [-0.05, 0) is 33.6 Å². The molecule has 1 unspecified atom stereocenters. The molecule has 6 nitrogen and oxygen atoms in total. The number of rotatable bonds is 3. The van der Waals surface area contributed by atoms with Gasteiger partial charge in [-0.3, -0.25) is 14.4 Å². The zero-order chi connectivity index (χ0) is 14.9. The zero-order valence-electron chi connectivity index (χ0n) is 12.3. The Kier molecular flexibility index (Phi) is 4.01. The number of fused-ring (bicyclic) bond motifs is 1. The number of ether oxygens (including phenoxy) is 1. The van der Waals surface area contributed by atoms with E-state index in [2.05, 4.69) is 0 Å². The van der Waals surface area contributed by atoms with Gasteiger partial charge >= 0.3 is 5.97 Å². The fourth-order valence-electron chi connectivity index (χ4n) is 2.67. The Morgan fingerprint density at radius 1 is 1.35 bits per heavy atom. The Hall–Kier alpha value is -1.59. The second-order valence-corrected chi connectivity index (χ2v) is 6.34. The van der Waals surface area contributed by atoms with Crippen molar-refractivity contribution in [3.8, 4) is 0 Å². The van der Waals surface area contributed by atoms with Crippen molar-refractivity contribution in [1.82, 2.24) is 9.80 Å². The van der Waals surface area contributed by atoms with Gasteiger partial charge in [-0.15, -0.1) is 0 Å². The van der Waals surface area contributed by atoms with Crippen LogP contribution < -0.4 is 0 Å². The van der Waals surface area contributed by atoms with E-state index in [1.165, 1.54) is 4.90 Å². The molecule has 112 valence electrons. The van der Waals surface area contributed by atoms with Crippen LogP contribution in [0.3, 0.4) is 0 Å². The van der Waals surface area contributed by atoms with Crippen molar-refractivity contribution in [2.24, 2.45) is 0 Å². The average Bonchev–Trinajstić information content (AvgIpc) is 2.79. The Morgan fingerprint density at radius 3 is 2.70 bits per heavy atom. The molecule has 2 heterocycles. The number of hydrogen-bond donors (Lipinski definition) is 0. The first kappa shape index (κ1) is 14.8. The van der Waals surface area contributed by atoms with E-state index < -0.39 is 5.60 Å². The van der Waals surface area contributed by atoms with Gasteiger partial charge in [0, 0.05) is 13.1 Å². The highest BCUT2D eigenvalue weighted by molar-refractivity contribution is 5.95. The van der Waals surface area contributed by atoms with E-state index in [-0.39, 0.29) is 43.3 Å². The van der Waals surface area contributed by atoms with Crippen molar-refractivity contribution in [2.45, 2.75) is 51.7 Å². The molecule has 0 aromatic rings. The van der Waals surface area contributed by atoms with Gasteiger partial charge < -0.3 is 14.5 Å². The van der Waals surface area contributed by atoms with Crippen molar-refractivity contribution in [3.05, 3.63) is 0 Å². The first-order chi connectivity index (χ1) is 9.28. The molecule has 2 amide bonds. The molecule has 0 aromatic heterocycles. The van der Waals surface area contributed by atoms with Crippen LogP contribution in [0.15, 0.2) is 0 Å². The fourth-order valence-corrected chi connectivity index (χ4v) is 2.67. The van der Waals surface area contributed by atoms with E-state index in [0.717, 1.165) is 12.8 Å². The Labute approximate surface area is 119 Å². The van der Waals surface area contributed by atoms with Crippen molar-refractivity contribution in [1.29, 1.82) is 0 Å². The third-order valence-electron chi connectivity index (χ3n) is 3.50. The van der Waals surface area contributed by atoms with Crippen LogP contribution in [0.1, 0.15) is 40.0 Å². The van der Waals surface area contributed by atoms with Gasteiger partial charge in [0.25, 0.3) is 0 Å². The third kappa shape index (κ3) is 3.29. The summed E-state index contributed by atoms with van der Waals surface area (Å²) in [5.41, 5.74) is -0.527. The molecule has 0 aliphatic carbocycles. The molecule has 2 aliphatic rings. The van der Waals surface area contributed by atoms with E-state index in [1.807, 2.05) is 0 Å². The monoisotopic (exact) mass is 282 g/mol. The Bertz CT molecular complexity index is 427. The average molecular weight is 282 g/mol. The summed E-state index contributed by atoms with van der Waals surface area (Å²) >= 11 is 0. The normalized spacial score (nSPS) is 23.1. The van der Waals surface area contributed by atoms with Gasteiger partial charge in [0.05, 0.1) is 13.0 Å². The Balaban J connectivity index is 1.88. The van der Waals surface area contributed by atoms with Gasteiger partial charge in [-0.2, -0.15) is 0 Å². The minimum absolute atomic E-state index is 0.0173. The number of piperazine rings is 1. The van der Waals surface area contributed by atoms with Gasteiger partial charge in [-0.1, -0.05) is 0 Å². The standard InChI is InChI=1S/C14H22N2O4/c1-14(2,3)20-12(18)6-8-15-9-11(17)16-7-4-5-10(16)13(15)19/h10H,4-9H2,1-3H3. The molecule has 0 bridgehead atoms. The molecule has 0 N–H and O–H groups in total. The van der Waals surface area contributed by atoms with Crippen LogP contribution in [0.4, 0.5) is 0 Å². The molecule has 2 rings (SSSR count). The summed E-state index contributed by atoms with van der Waals surface area (Å²) in [7, 11) is 0. The summed E-state index contributed by atoms with van der Waals surface area (Å²) in [6, 6.07) is -0.310. The van der Waals surface area contributed by atoms with Gasteiger partial charge in [0.1, 0.15) is 11.6 Å². The lowest BCUT2D eigenvalue weighted by atomic mass is 10.1. The first-order valence-electron chi connectivity index (χ1n) is 7.08. The highest BCUT2D eigenvalue weighted by atomic mass is 16.6. The number of hydrogen-bond acceptors (Lipinski definition) is 4. The molecular weight excluding hydrogens is 260 g/mol.